The zero-order valence-corrected chi connectivity index (χ0v) is 21.5. The Morgan fingerprint density at radius 3 is 2.27 bits per heavy atom. The Bertz CT molecular complexity index is 1230. The van der Waals surface area contributed by atoms with Gasteiger partial charge in [0.2, 0.25) is 0 Å². The van der Waals surface area contributed by atoms with Gasteiger partial charge in [0, 0.05) is 13.0 Å². The maximum absolute atomic E-state index is 13.7. The number of benzene rings is 2. The van der Waals surface area contributed by atoms with Crippen molar-refractivity contribution in [3.8, 4) is 5.75 Å². The van der Waals surface area contributed by atoms with E-state index in [1.165, 1.54) is 0 Å². The Hall–Kier alpha value is -3.87. The Balaban J connectivity index is 1.63. The van der Waals surface area contributed by atoms with Gasteiger partial charge in [0.15, 0.2) is 0 Å². The molecule has 0 saturated carbocycles. The largest absolute Gasteiger partial charge is 0.494 e. The quantitative estimate of drug-likeness (QED) is 0.362. The molecule has 2 aliphatic heterocycles. The van der Waals surface area contributed by atoms with Gasteiger partial charge in [-0.15, -0.1) is 0 Å². The summed E-state index contributed by atoms with van der Waals surface area (Å²) in [4.78, 5) is 39.3. The number of aliphatic carboxylic acids is 1. The van der Waals surface area contributed by atoms with Gasteiger partial charge in [-0.25, -0.2) is 0 Å². The molecule has 0 fully saturated rings. The number of carbonyl (C=O) groups is 3. The molecule has 0 spiro atoms. The fraction of sp³-hybridized carbons (Fsp3) is 0.367. The highest BCUT2D eigenvalue weighted by Crippen LogP contribution is 2.43. The molecule has 0 aromatic heterocycles. The van der Waals surface area contributed by atoms with Crippen molar-refractivity contribution in [2.45, 2.75) is 58.8 Å². The van der Waals surface area contributed by atoms with Crippen molar-refractivity contribution in [1.82, 2.24) is 10.2 Å². The van der Waals surface area contributed by atoms with Crippen molar-refractivity contribution >= 4 is 29.2 Å². The first kappa shape index (κ1) is 26.2. The van der Waals surface area contributed by atoms with E-state index < -0.39 is 5.97 Å². The van der Waals surface area contributed by atoms with Gasteiger partial charge in [-0.3, -0.25) is 14.4 Å². The zero-order chi connectivity index (χ0) is 26.4. The fourth-order valence-corrected chi connectivity index (χ4v) is 4.71. The number of hydrogen-bond acceptors (Lipinski definition) is 4. The van der Waals surface area contributed by atoms with Gasteiger partial charge in [0.1, 0.15) is 5.75 Å². The minimum absolute atomic E-state index is 0.129. The summed E-state index contributed by atoms with van der Waals surface area (Å²) in [6.45, 7) is 5.13. The molecule has 0 unspecified atom stereocenters. The number of aryl methyl sites for hydroxylation is 1. The predicted molar refractivity (Wildman–Crippen MR) is 142 cm³/mol. The summed E-state index contributed by atoms with van der Waals surface area (Å²) < 4.78 is 5.76. The highest BCUT2D eigenvalue weighted by atomic mass is 16.5. The van der Waals surface area contributed by atoms with E-state index in [0.29, 0.717) is 54.3 Å². The van der Waals surface area contributed by atoms with Crippen LogP contribution in [0, 0.1) is 6.92 Å². The number of unbranched alkanes of at least 4 members (excludes halogenated alkanes) is 4. The number of hydrogen-bond donors (Lipinski definition) is 2. The number of carboxylic acids is 1. The second-order valence-electron chi connectivity index (χ2n) is 9.53. The minimum Gasteiger partial charge on any atom is -0.494 e. The second-order valence-corrected chi connectivity index (χ2v) is 9.53. The molecule has 0 saturated heterocycles. The van der Waals surface area contributed by atoms with Crippen molar-refractivity contribution in [2.24, 2.45) is 0 Å². The SMILES string of the molecule is CCCCCCN1C(=O)C2=C(c3ccc(C)cc3)NC(=O)C2=C1c1ccc(OCCCCC(=O)O)cc1. The summed E-state index contributed by atoms with van der Waals surface area (Å²) in [6, 6.07) is 15.2. The molecule has 194 valence electrons. The molecule has 7 nitrogen and oxygen atoms in total. The van der Waals surface area contributed by atoms with E-state index in [-0.39, 0.29) is 18.2 Å². The van der Waals surface area contributed by atoms with E-state index in [9.17, 15) is 14.4 Å². The van der Waals surface area contributed by atoms with Gasteiger partial charge < -0.3 is 20.1 Å². The molecule has 7 heteroatoms. The number of nitrogens with zero attached hydrogens (tertiary/aromatic N) is 1. The number of carbonyl (C=O) groups excluding carboxylic acids is 2. The third kappa shape index (κ3) is 5.93. The van der Waals surface area contributed by atoms with Gasteiger partial charge in [0.05, 0.1) is 29.1 Å². The maximum atomic E-state index is 13.7. The third-order valence-corrected chi connectivity index (χ3v) is 6.69. The number of ether oxygens (including phenoxy) is 1. The molecular weight excluding hydrogens is 468 g/mol. The molecule has 0 radical (unpaired) electrons. The van der Waals surface area contributed by atoms with Crippen molar-refractivity contribution < 1.29 is 24.2 Å². The Morgan fingerprint density at radius 1 is 0.892 bits per heavy atom. The standard InChI is InChI=1S/C30H34N2O5/c1-3-4-5-7-18-32-28(22-14-16-23(17-15-22)37-19-8-6-9-24(33)34)26-25(30(32)36)27(31-29(26)35)21-12-10-20(2)11-13-21/h10-17H,3-9,18-19H2,1-2H3,(H,31,35)(H,33,34). The number of fused-ring (bicyclic) bond motifs is 1. The van der Waals surface area contributed by atoms with Crippen LogP contribution in [0.25, 0.3) is 11.4 Å². The van der Waals surface area contributed by atoms with Crippen molar-refractivity contribution in [3.05, 3.63) is 76.4 Å². The molecule has 0 aliphatic carbocycles. The van der Waals surface area contributed by atoms with E-state index >= 15 is 0 Å². The summed E-state index contributed by atoms with van der Waals surface area (Å²) >= 11 is 0. The molecule has 0 atom stereocenters. The topological polar surface area (TPSA) is 95.9 Å². The maximum Gasteiger partial charge on any atom is 0.303 e. The molecule has 2 aliphatic rings. The summed E-state index contributed by atoms with van der Waals surface area (Å²) in [7, 11) is 0. The first-order valence-corrected chi connectivity index (χ1v) is 13.0. The number of carboxylic acid groups (broad SMARTS) is 1. The molecular formula is C30H34N2O5. The van der Waals surface area contributed by atoms with Crippen LogP contribution in [0.2, 0.25) is 0 Å². The molecule has 2 N–H and O–H groups in total. The van der Waals surface area contributed by atoms with Gasteiger partial charge >= 0.3 is 5.97 Å². The summed E-state index contributed by atoms with van der Waals surface area (Å²) in [5.74, 6) is -0.549. The van der Waals surface area contributed by atoms with E-state index in [2.05, 4.69) is 12.2 Å². The molecule has 2 aromatic rings. The molecule has 4 rings (SSSR count). The smallest absolute Gasteiger partial charge is 0.303 e. The Morgan fingerprint density at radius 2 is 1.59 bits per heavy atom. The monoisotopic (exact) mass is 502 g/mol. The van der Waals surface area contributed by atoms with Crippen LogP contribution in [-0.4, -0.2) is 40.9 Å². The summed E-state index contributed by atoms with van der Waals surface area (Å²) in [5, 5.41) is 11.7. The lowest BCUT2D eigenvalue weighted by atomic mass is 10.0. The second kappa shape index (κ2) is 11.9. The van der Waals surface area contributed by atoms with E-state index in [4.69, 9.17) is 9.84 Å². The van der Waals surface area contributed by atoms with Crippen LogP contribution in [0.3, 0.4) is 0 Å². The molecule has 2 amide bonds. The first-order valence-electron chi connectivity index (χ1n) is 13.0. The molecule has 2 aromatic carbocycles. The van der Waals surface area contributed by atoms with Crippen LogP contribution in [0.5, 0.6) is 5.75 Å². The summed E-state index contributed by atoms with van der Waals surface area (Å²) in [5.41, 5.74) is 4.79. The lowest BCUT2D eigenvalue weighted by Gasteiger charge is -2.22. The average Bonchev–Trinajstić information content (AvgIpc) is 3.37. The van der Waals surface area contributed by atoms with Gasteiger partial charge in [-0.05, 0) is 61.6 Å². The Labute approximate surface area is 217 Å². The van der Waals surface area contributed by atoms with Crippen LogP contribution in [0.15, 0.2) is 59.7 Å². The number of nitrogens with one attached hydrogen (secondary N) is 1. The third-order valence-electron chi connectivity index (χ3n) is 6.69. The number of rotatable bonds is 13. The molecule has 2 heterocycles. The summed E-state index contributed by atoms with van der Waals surface area (Å²) in [6.07, 6.45) is 5.43. The fourth-order valence-electron chi connectivity index (χ4n) is 4.71. The van der Waals surface area contributed by atoms with Crippen molar-refractivity contribution in [1.29, 1.82) is 0 Å². The van der Waals surface area contributed by atoms with Crippen LogP contribution < -0.4 is 10.1 Å². The van der Waals surface area contributed by atoms with Gasteiger partial charge in [-0.1, -0.05) is 56.0 Å². The molecule has 0 bridgehead atoms. The van der Waals surface area contributed by atoms with Gasteiger partial charge in [-0.2, -0.15) is 0 Å². The number of amides is 2. The highest BCUT2D eigenvalue weighted by Gasteiger charge is 2.45. The van der Waals surface area contributed by atoms with E-state index in [1.54, 1.807) is 4.90 Å². The van der Waals surface area contributed by atoms with Crippen molar-refractivity contribution in [3.63, 3.8) is 0 Å². The van der Waals surface area contributed by atoms with Crippen LogP contribution in [0.4, 0.5) is 0 Å². The van der Waals surface area contributed by atoms with Crippen molar-refractivity contribution in [2.75, 3.05) is 13.2 Å². The lowest BCUT2D eigenvalue weighted by Crippen LogP contribution is -2.28. The zero-order valence-electron chi connectivity index (χ0n) is 21.5. The normalized spacial score (nSPS) is 14.9. The van der Waals surface area contributed by atoms with E-state index in [0.717, 1.165) is 42.4 Å². The van der Waals surface area contributed by atoms with Crippen LogP contribution in [0.1, 0.15) is 68.6 Å². The van der Waals surface area contributed by atoms with E-state index in [1.807, 2.05) is 55.5 Å². The highest BCUT2D eigenvalue weighted by molar-refractivity contribution is 6.30. The van der Waals surface area contributed by atoms with Crippen LogP contribution in [-0.2, 0) is 14.4 Å². The predicted octanol–water partition coefficient (Wildman–Crippen LogP) is 5.30. The minimum atomic E-state index is -0.806. The molecule has 37 heavy (non-hydrogen) atoms. The average molecular weight is 503 g/mol. The first-order chi connectivity index (χ1) is 17.9. The van der Waals surface area contributed by atoms with Gasteiger partial charge in [0.25, 0.3) is 11.8 Å². The Kier molecular flexibility index (Phi) is 8.43. The van der Waals surface area contributed by atoms with Crippen LogP contribution >= 0.6 is 0 Å². The lowest BCUT2D eigenvalue weighted by molar-refractivity contribution is -0.137.